The second-order valence-electron chi connectivity index (χ2n) is 4.89. The van der Waals surface area contributed by atoms with Crippen LogP contribution < -0.4 is 11.1 Å². The molecule has 0 spiro atoms. The van der Waals surface area contributed by atoms with Crippen LogP contribution in [-0.2, 0) is 0 Å². The Morgan fingerprint density at radius 2 is 1.82 bits per heavy atom. The number of alkyl halides is 3. The Kier molecular flexibility index (Phi) is 8.87. The average Bonchev–Trinajstić information content (AvgIpc) is 2.39. The topological polar surface area (TPSA) is 41.3 Å². The maximum Gasteiger partial charge on any atom is 0.390 e. The Morgan fingerprint density at radius 1 is 1.23 bits per heavy atom. The van der Waals surface area contributed by atoms with Gasteiger partial charge in [-0.15, -0.1) is 24.8 Å². The van der Waals surface area contributed by atoms with Crippen molar-refractivity contribution >= 4 is 42.1 Å². The number of anilines is 1. The number of hydrogen-bond donors (Lipinski definition) is 2. The zero-order valence-corrected chi connectivity index (χ0v) is 14.1. The molecule has 0 bridgehead atoms. The molecule has 1 fully saturated rings. The number of nitrogen functional groups attached to an aromatic ring is 1. The summed E-state index contributed by atoms with van der Waals surface area (Å²) < 4.78 is 38.6. The highest BCUT2D eigenvalue weighted by Gasteiger charge is 2.36. The summed E-state index contributed by atoms with van der Waals surface area (Å²) in [6.07, 6.45) is -5.16. The van der Waals surface area contributed by atoms with Crippen molar-refractivity contribution < 1.29 is 13.2 Å². The molecule has 2 rings (SSSR count). The largest absolute Gasteiger partial charge is 0.398 e. The minimum absolute atomic E-state index is 0. The van der Waals surface area contributed by atoms with E-state index in [0.717, 1.165) is 0 Å². The number of rotatable bonds is 3. The van der Waals surface area contributed by atoms with Gasteiger partial charge in [-0.1, -0.05) is 11.6 Å². The van der Waals surface area contributed by atoms with E-state index in [1.807, 2.05) is 4.90 Å². The number of benzene rings is 1. The van der Waals surface area contributed by atoms with Crippen LogP contribution in [0.2, 0.25) is 5.02 Å². The Morgan fingerprint density at radius 3 is 2.36 bits per heavy atom. The third-order valence-electron chi connectivity index (χ3n) is 3.42. The molecular weight excluding hydrogens is 362 g/mol. The Bertz CT molecular complexity index is 466. The van der Waals surface area contributed by atoms with Crippen molar-refractivity contribution in [3.05, 3.63) is 28.8 Å². The first-order valence-corrected chi connectivity index (χ1v) is 6.81. The molecule has 0 unspecified atom stereocenters. The van der Waals surface area contributed by atoms with E-state index in [1.54, 1.807) is 12.1 Å². The lowest BCUT2D eigenvalue weighted by Crippen LogP contribution is -2.46. The van der Waals surface area contributed by atoms with Crippen LogP contribution in [-0.4, -0.2) is 37.3 Å². The first kappa shape index (κ1) is 21.6. The van der Waals surface area contributed by atoms with E-state index in [1.165, 1.54) is 6.07 Å². The van der Waals surface area contributed by atoms with E-state index in [2.05, 4.69) is 5.32 Å². The van der Waals surface area contributed by atoms with Crippen molar-refractivity contribution in [2.45, 2.75) is 18.6 Å². The molecule has 1 aromatic carbocycles. The van der Waals surface area contributed by atoms with E-state index >= 15 is 0 Å². The van der Waals surface area contributed by atoms with Gasteiger partial charge in [-0.2, -0.15) is 13.2 Å². The Labute approximate surface area is 145 Å². The van der Waals surface area contributed by atoms with Gasteiger partial charge in [0.15, 0.2) is 0 Å². The number of hydrogen-bond acceptors (Lipinski definition) is 3. The lowest BCUT2D eigenvalue weighted by atomic mass is 9.99. The monoisotopic (exact) mass is 379 g/mol. The fraction of sp³-hybridized carbons (Fsp3) is 0.538. The highest BCUT2D eigenvalue weighted by atomic mass is 35.5. The van der Waals surface area contributed by atoms with Gasteiger partial charge in [0, 0.05) is 42.9 Å². The molecular formula is C13H19Cl3F3N3. The Hall–Kier alpha value is -0.400. The van der Waals surface area contributed by atoms with Gasteiger partial charge in [0.05, 0.1) is 6.42 Å². The van der Waals surface area contributed by atoms with E-state index in [4.69, 9.17) is 17.3 Å². The maximum absolute atomic E-state index is 12.9. The van der Waals surface area contributed by atoms with Crippen molar-refractivity contribution in [3.63, 3.8) is 0 Å². The average molecular weight is 381 g/mol. The highest BCUT2D eigenvalue weighted by Crippen LogP contribution is 2.37. The summed E-state index contributed by atoms with van der Waals surface area (Å²) in [5, 5.41) is 3.53. The van der Waals surface area contributed by atoms with E-state index in [-0.39, 0.29) is 24.8 Å². The molecule has 0 aliphatic carbocycles. The van der Waals surface area contributed by atoms with Crippen molar-refractivity contribution in [1.82, 2.24) is 10.2 Å². The highest BCUT2D eigenvalue weighted by molar-refractivity contribution is 6.30. The van der Waals surface area contributed by atoms with Crippen molar-refractivity contribution in [2.75, 3.05) is 31.9 Å². The van der Waals surface area contributed by atoms with Crippen LogP contribution in [0.1, 0.15) is 18.0 Å². The van der Waals surface area contributed by atoms with Gasteiger partial charge in [0.25, 0.3) is 0 Å². The zero-order chi connectivity index (χ0) is 14.8. The molecule has 3 N–H and O–H groups in total. The van der Waals surface area contributed by atoms with Crippen molar-refractivity contribution in [2.24, 2.45) is 0 Å². The molecule has 1 saturated heterocycles. The molecule has 1 aliphatic rings. The van der Waals surface area contributed by atoms with Gasteiger partial charge >= 0.3 is 6.18 Å². The number of nitrogens with two attached hydrogens (primary N) is 1. The van der Waals surface area contributed by atoms with Gasteiger partial charge in [0.1, 0.15) is 0 Å². The smallest absolute Gasteiger partial charge is 0.390 e. The molecule has 0 saturated carbocycles. The quantitative estimate of drug-likeness (QED) is 0.786. The molecule has 0 amide bonds. The first-order chi connectivity index (χ1) is 9.37. The van der Waals surface area contributed by atoms with Gasteiger partial charge < -0.3 is 11.1 Å². The van der Waals surface area contributed by atoms with Crippen LogP contribution in [0.4, 0.5) is 18.9 Å². The summed E-state index contributed by atoms with van der Waals surface area (Å²) in [5.74, 6) is 0. The maximum atomic E-state index is 12.9. The summed E-state index contributed by atoms with van der Waals surface area (Å²) in [6, 6.07) is 3.90. The van der Waals surface area contributed by atoms with Crippen molar-refractivity contribution in [1.29, 1.82) is 0 Å². The number of piperazine rings is 1. The van der Waals surface area contributed by atoms with Gasteiger partial charge in [0.2, 0.25) is 0 Å². The minimum atomic E-state index is -4.25. The lowest BCUT2D eigenvalue weighted by molar-refractivity contribution is -0.148. The number of halogens is 6. The fourth-order valence-corrected chi connectivity index (χ4v) is 2.66. The third kappa shape index (κ3) is 6.01. The van der Waals surface area contributed by atoms with Crippen LogP contribution in [0.5, 0.6) is 0 Å². The van der Waals surface area contributed by atoms with Crippen molar-refractivity contribution in [3.8, 4) is 0 Å². The van der Waals surface area contributed by atoms with Gasteiger partial charge in [-0.25, -0.2) is 0 Å². The van der Waals surface area contributed by atoms with E-state index in [0.29, 0.717) is 42.5 Å². The predicted molar refractivity (Wildman–Crippen MR) is 88.2 cm³/mol. The molecule has 22 heavy (non-hydrogen) atoms. The molecule has 0 aromatic heterocycles. The summed E-state index contributed by atoms with van der Waals surface area (Å²) in [7, 11) is 0. The van der Waals surface area contributed by atoms with Gasteiger partial charge in [-0.3, -0.25) is 4.90 Å². The van der Waals surface area contributed by atoms with E-state index < -0.39 is 18.6 Å². The fourth-order valence-electron chi connectivity index (χ4n) is 2.48. The van der Waals surface area contributed by atoms with Gasteiger partial charge in [-0.05, 0) is 23.8 Å². The zero-order valence-electron chi connectivity index (χ0n) is 11.7. The van der Waals surface area contributed by atoms with Crippen LogP contribution in [0.3, 0.4) is 0 Å². The minimum Gasteiger partial charge on any atom is -0.398 e. The van der Waals surface area contributed by atoms with Crippen LogP contribution >= 0.6 is 36.4 Å². The number of nitrogens with one attached hydrogen (secondary N) is 1. The molecule has 9 heteroatoms. The molecule has 0 radical (unpaired) electrons. The predicted octanol–water partition coefficient (Wildman–Crippen LogP) is 3.66. The van der Waals surface area contributed by atoms with E-state index in [9.17, 15) is 13.2 Å². The summed E-state index contributed by atoms with van der Waals surface area (Å²) in [4.78, 5) is 1.81. The van der Waals surface area contributed by atoms with Crippen LogP contribution in [0.15, 0.2) is 18.2 Å². The van der Waals surface area contributed by atoms with Crippen LogP contribution in [0.25, 0.3) is 0 Å². The summed E-state index contributed by atoms with van der Waals surface area (Å²) in [6.45, 7) is 2.48. The van der Waals surface area contributed by atoms with Crippen LogP contribution in [0, 0.1) is 0 Å². The summed E-state index contributed by atoms with van der Waals surface area (Å²) in [5.41, 5.74) is 6.65. The molecule has 3 nitrogen and oxygen atoms in total. The summed E-state index contributed by atoms with van der Waals surface area (Å²) >= 11 is 5.90. The molecule has 1 aliphatic heterocycles. The standard InChI is InChI=1S/C13H17ClF3N3.2ClH/c14-9-1-2-11(18)10(7-9)12(8-13(15,16)17)20-5-3-19-4-6-20;;/h1-2,7,12,19H,3-6,8,18H2;2*1H/t12-;;/m0../s1. The third-order valence-corrected chi connectivity index (χ3v) is 3.66. The molecule has 1 heterocycles. The lowest BCUT2D eigenvalue weighted by Gasteiger charge is -2.36. The Balaban J connectivity index is 0.00000220. The second kappa shape index (κ2) is 9.03. The molecule has 1 atom stereocenters. The normalized spacial score (nSPS) is 17.3. The molecule has 1 aromatic rings. The number of nitrogens with zero attached hydrogens (tertiary/aromatic N) is 1. The SMILES string of the molecule is Cl.Cl.Nc1ccc(Cl)cc1[C@H](CC(F)(F)F)N1CCNCC1. The molecule has 128 valence electrons. The first-order valence-electron chi connectivity index (χ1n) is 6.43. The second-order valence-corrected chi connectivity index (χ2v) is 5.33.